The summed E-state index contributed by atoms with van der Waals surface area (Å²) in [5.74, 6) is 0. The lowest BCUT2D eigenvalue weighted by atomic mass is 10.2. The van der Waals surface area contributed by atoms with E-state index in [1.807, 2.05) is 10.7 Å². The van der Waals surface area contributed by atoms with Crippen LogP contribution in [0.5, 0.6) is 0 Å². The zero-order valence-corrected chi connectivity index (χ0v) is 14.2. The van der Waals surface area contributed by atoms with Crippen molar-refractivity contribution < 1.29 is 0 Å². The minimum Gasteiger partial charge on any atom is -0.297 e. The van der Waals surface area contributed by atoms with Gasteiger partial charge in [0.2, 0.25) is 0 Å². The summed E-state index contributed by atoms with van der Waals surface area (Å²) in [6.07, 6.45) is 3.11. The molecule has 1 aliphatic rings. The molecule has 3 aromatic rings. The first-order valence-corrected chi connectivity index (χ1v) is 8.68. The number of rotatable bonds is 5. The van der Waals surface area contributed by atoms with Gasteiger partial charge in [0, 0.05) is 38.4 Å². The van der Waals surface area contributed by atoms with Gasteiger partial charge in [-0.05, 0) is 37.2 Å². The highest BCUT2D eigenvalue weighted by atomic mass is 15.3. The van der Waals surface area contributed by atoms with E-state index in [1.54, 1.807) is 0 Å². The number of benzene rings is 1. The predicted octanol–water partition coefficient (Wildman–Crippen LogP) is 3.04. The summed E-state index contributed by atoms with van der Waals surface area (Å²) in [6, 6.07) is 19.8. The summed E-state index contributed by atoms with van der Waals surface area (Å²) in [5, 5.41) is 4.45. The molecule has 1 atom stereocenters. The fraction of sp³-hybridized carbons (Fsp3) is 0.350. The van der Waals surface area contributed by atoms with Gasteiger partial charge in [0.15, 0.2) is 0 Å². The van der Waals surface area contributed by atoms with Crippen LogP contribution in [0.1, 0.15) is 17.7 Å². The van der Waals surface area contributed by atoms with Crippen LogP contribution < -0.4 is 0 Å². The molecule has 0 radical (unpaired) electrons. The molecule has 124 valence electrons. The SMILES string of the molecule is CN(Cc1cccc2ccnn12)[C@@H]1CCN(Cc2ccccc2)C1. The third kappa shape index (κ3) is 3.21. The molecule has 2 aromatic heterocycles. The van der Waals surface area contributed by atoms with Crippen molar-refractivity contribution in [1.82, 2.24) is 19.4 Å². The van der Waals surface area contributed by atoms with E-state index >= 15 is 0 Å². The maximum atomic E-state index is 4.45. The van der Waals surface area contributed by atoms with Gasteiger partial charge in [-0.1, -0.05) is 36.4 Å². The van der Waals surface area contributed by atoms with E-state index < -0.39 is 0 Å². The Morgan fingerprint density at radius 2 is 1.96 bits per heavy atom. The standard InChI is InChI=1S/C20H24N4/c1-22(15-20-9-5-8-18-10-12-21-24(18)20)19-11-13-23(16-19)14-17-6-3-2-4-7-17/h2-10,12,19H,11,13-16H2,1H3/t19-/m1/s1. The maximum Gasteiger partial charge on any atom is 0.0665 e. The lowest BCUT2D eigenvalue weighted by Crippen LogP contribution is -2.34. The molecular weight excluding hydrogens is 296 g/mol. The average Bonchev–Trinajstić information content (AvgIpc) is 3.25. The topological polar surface area (TPSA) is 23.8 Å². The van der Waals surface area contributed by atoms with Crippen LogP contribution in [0.15, 0.2) is 60.8 Å². The molecule has 4 heteroatoms. The second-order valence-electron chi connectivity index (χ2n) is 6.76. The fourth-order valence-electron chi connectivity index (χ4n) is 3.67. The highest BCUT2D eigenvalue weighted by Gasteiger charge is 2.26. The van der Waals surface area contributed by atoms with Gasteiger partial charge in [-0.15, -0.1) is 0 Å². The zero-order chi connectivity index (χ0) is 16.4. The molecule has 1 fully saturated rings. The van der Waals surface area contributed by atoms with Crippen LogP contribution in [0.4, 0.5) is 0 Å². The van der Waals surface area contributed by atoms with Gasteiger partial charge >= 0.3 is 0 Å². The molecule has 0 N–H and O–H groups in total. The number of nitrogens with zero attached hydrogens (tertiary/aromatic N) is 4. The van der Waals surface area contributed by atoms with Crippen molar-refractivity contribution in [3.63, 3.8) is 0 Å². The summed E-state index contributed by atoms with van der Waals surface area (Å²) in [5.41, 5.74) is 3.82. The van der Waals surface area contributed by atoms with Gasteiger partial charge in [-0.2, -0.15) is 5.10 Å². The van der Waals surface area contributed by atoms with Crippen molar-refractivity contribution >= 4 is 5.52 Å². The Labute approximate surface area is 143 Å². The van der Waals surface area contributed by atoms with Crippen LogP contribution in [-0.4, -0.2) is 45.6 Å². The largest absolute Gasteiger partial charge is 0.297 e. The molecule has 24 heavy (non-hydrogen) atoms. The van der Waals surface area contributed by atoms with Crippen molar-refractivity contribution in [2.24, 2.45) is 0 Å². The molecule has 0 aliphatic carbocycles. The van der Waals surface area contributed by atoms with Crippen molar-refractivity contribution in [2.45, 2.75) is 25.6 Å². The molecule has 1 aliphatic heterocycles. The van der Waals surface area contributed by atoms with Crippen LogP contribution >= 0.6 is 0 Å². The van der Waals surface area contributed by atoms with E-state index in [0.717, 1.165) is 25.2 Å². The molecule has 0 bridgehead atoms. The van der Waals surface area contributed by atoms with Crippen molar-refractivity contribution in [3.05, 3.63) is 72.1 Å². The summed E-state index contributed by atoms with van der Waals surface area (Å²) < 4.78 is 2.05. The number of hydrogen-bond donors (Lipinski definition) is 0. The number of fused-ring (bicyclic) bond motifs is 1. The van der Waals surface area contributed by atoms with E-state index in [2.05, 4.69) is 76.5 Å². The van der Waals surface area contributed by atoms with Crippen LogP contribution in [0.25, 0.3) is 5.52 Å². The third-order valence-electron chi connectivity index (χ3n) is 5.03. The Morgan fingerprint density at radius 1 is 1.08 bits per heavy atom. The lowest BCUT2D eigenvalue weighted by molar-refractivity contribution is 0.219. The van der Waals surface area contributed by atoms with E-state index in [1.165, 1.54) is 24.2 Å². The third-order valence-corrected chi connectivity index (χ3v) is 5.03. The Bertz CT molecular complexity index is 796. The smallest absolute Gasteiger partial charge is 0.0665 e. The van der Waals surface area contributed by atoms with Crippen molar-refractivity contribution in [3.8, 4) is 0 Å². The normalized spacial score (nSPS) is 18.7. The highest BCUT2D eigenvalue weighted by Crippen LogP contribution is 2.19. The molecule has 1 aromatic carbocycles. The monoisotopic (exact) mass is 320 g/mol. The summed E-state index contributed by atoms with van der Waals surface area (Å²) in [4.78, 5) is 5.03. The minimum atomic E-state index is 0.611. The first-order valence-electron chi connectivity index (χ1n) is 8.68. The van der Waals surface area contributed by atoms with Gasteiger partial charge in [-0.25, -0.2) is 4.52 Å². The van der Waals surface area contributed by atoms with Gasteiger partial charge in [0.05, 0.1) is 11.2 Å². The summed E-state index contributed by atoms with van der Waals surface area (Å²) in [6.45, 7) is 4.30. The fourth-order valence-corrected chi connectivity index (χ4v) is 3.67. The number of hydrogen-bond acceptors (Lipinski definition) is 3. The second kappa shape index (κ2) is 6.75. The first-order chi connectivity index (χ1) is 11.8. The Morgan fingerprint density at radius 3 is 2.83 bits per heavy atom. The van der Waals surface area contributed by atoms with E-state index in [9.17, 15) is 0 Å². The number of likely N-dealkylation sites (N-methyl/N-ethyl adjacent to an activating group) is 1. The highest BCUT2D eigenvalue weighted by molar-refractivity contribution is 5.46. The molecular formula is C20H24N4. The van der Waals surface area contributed by atoms with Gasteiger partial charge in [0.1, 0.15) is 0 Å². The first kappa shape index (κ1) is 15.4. The summed E-state index contributed by atoms with van der Waals surface area (Å²) in [7, 11) is 2.24. The molecule has 0 saturated carbocycles. The van der Waals surface area contributed by atoms with Crippen LogP contribution in [0.2, 0.25) is 0 Å². The molecule has 0 unspecified atom stereocenters. The lowest BCUT2D eigenvalue weighted by Gasteiger charge is -2.25. The van der Waals surface area contributed by atoms with Crippen LogP contribution in [-0.2, 0) is 13.1 Å². The van der Waals surface area contributed by atoms with Crippen LogP contribution in [0, 0.1) is 0 Å². The molecule has 3 heterocycles. The molecule has 0 spiro atoms. The van der Waals surface area contributed by atoms with Crippen molar-refractivity contribution in [1.29, 1.82) is 0 Å². The van der Waals surface area contributed by atoms with Crippen LogP contribution in [0.3, 0.4) is 0 Å². The second-order valence-corrected chi connectivity index (χ2v) is 6.76. The van der Waals surface area contributed by atoms with Gasteiger partial charge in [-0.3, -0.25) is 9.80 Å². The zero-order valence-electron chi connectivity index (χ0n) is 14.2. The van der Waals surface area contributed by atoms with Gasteiger partial charge < -0.3 is 0 Å². The predicted molar refractivity (Wildman–Crippen MR) is 96.8 cm³/mol. The summed E-state index contributed by atoms with van der Waals surface area (Å²) >= 11 is 0. The average molecular weight is 320 g/mol. The molecule has 0 amide bonds. The quantitative estimate of drug-likeness (QED) is 0.722. The maximum absolute atomic E-state index is 4.45. The molecule has 1 saturated heterocycles. The Balaban J connectivity index is 1.39. The minimum absolute atomic E-state index is 0.611. The number of pyridine rings is 1. The van der Waals surface area contributed by atoms with E-state index in [0.29, 0.717) is 6.04 Å². The Hall–Kier alpha value is -2.17. The molecule has 4 nitrogen and oxygen atoms in total. The van der Waals surface area contributed by atoms with Crippen molar-refractivity contribution in [2.75, 3.05) is 20.1 Å². The van der Waals surface area contributed by atoms with E-state index in [4.69, 9.17) is 0 Å². The number of likely N-dealkylation sites (tertiary alicyclic amines) is 1. The van der Waals surface area contributed by atoms with E-state index in [-0.39, 0.29) is 0 Å². The molecule has 4 rings (SSSR count). The Kier molecular flexibility index (Phi) is 4.32. The number of aromatic nitrogens is 2. The van der Waals surface area contributed by atoms with Gasteiger partial charge in [0.25, 0.3) is 0 Å².